The fraction of sp³-hybridized carbons (Fsp3) is 0.586. The van der Waals surface area contributed by atoms with Crippen molar-refractivity contribution in [1.82, 2.24) is 51.7 Å². The number of rotatable bonds is 18. The van der Waals surface area contributed by atoms with E-state index in [1.165, 1.54) is 22.7 Å². The van der Waals surface area contributed by atoms with Gasteiger partial charge in [0.05, 0.1) is 35.6 Å². The number of likely N-dealkylation sites (N-methyl/N-ethyl adjacent to an activating group) is 2. The summed E-state index contributed by atoms with van der Waals surface area (Å²) in [7, 11) is 3.47. The summed E-state index contributed by atoms with van der Waals surface area (Å²) in [5.41, 5.74) is 3.64. The van der Waals surface area contributed by atoms with Crippen molar-refractivity contribution in [1.29, 1.82) is 0 Å². The van der Waals surface area contributed by atoms with E-state index in [4.69, 9.17) is 9.97 Å². The number of nitrogens with zero attached hydrogens (tertiary/aromatic N) is 4. The molecule has 0 bridgehead atoms. The third-order valence-electron chi connectivity index (χ3n) is 17.1. The Morgan fingerprint density at radius 3 is 1.25 bits per heavy atom. The Balaban J connectivity index is 0.861. The standard InChI is InChI=1S/C58H78N10O6S2/c1-35(59-3)51(69)65-49(39-21-13-7-14-22-39)57(73)67-31-43(29-47(67)55-63-45(33-75-55)37-17-9-5-10-18-37)61-53(71)41-25-27-42(28-26-41)54(72)62-44-30-48(56-64-46(34-76-56)38-19-11-6-12-20-38)68(32-44)58(74)50(40-23-15-8-16-24-40)66-52(70)36(2)60-4/h5-6,9-12,17-20,33-36,39-44,47-50,59-60H,7-8,13-16,21-32H2,1-4H3,(H,61,71)(H,62,72)(H,65,69)(H,66,70). The van der Waals surface area contributed by atoms with Crippen LogP contribution in [0.4, 0.5) is 0 Å². The molecule has 6 amide bonds. The summed E-state index contributed by atoms with van der Waals surface area (Å²) in [5.74, 6) is -1.39. The Hall–Kier alpha value is -5.56. The van der Waals surface area contributed by atoms with Gasteiger partial charge in [-0.05, 0) is 104 Å². The van der Waals surface area contributed by atoms with Gasteiger partial charge in [-0.3, -0.25) is 28.8 Å². The van der Waals surface area contributed by atoms with Gasteiger partial charge < -0.3 is 41.7 Å². The topological polar surface area (TPSA) is 207 Å². The van der Waals surface area contributed by atoms with Crippen molar-refractivity contribution in [3.05, 3.63) is 81.4 Å². The van der Waals surface area contributed by atoms with E-state index in [1.54, 1.807) is 27.9 Å². The van der Waals surface area contributed by atoms with Crippen molar-refractivity contribution in [2.45, 2.75) is 165 Å². The second-order valence-corrected chi connectivity index (χ2v) is 23.9. The van der Waals surface area contributed by atoms with Gasteiger partial charge in [0.2, 0.25) is 35.4 Å². The second-order valence-electron chi connectivity index (χ2n) is 22.1. The Morgan fingerprint density at radius 1 is 0.526 bits per heavy atom. The van der Waals surface area contributed by atoms with Crippen LogP contribution >= 0.6 is 22.7 Å². The van der Waals surface area contributed by atoms with Gasteiger partial charge >= 0.3 is 0 Å². The number of carbonyl (C=O) groups excluding carboxylic acids is 6. The highest BCUT2D eigenvalue weighted by molar-refractivity contribution is 7.10. The highest BCUT2D eigenvalue weighted by atomic mass is 32.1. The first-order chi connectivity index (χ1) is 36.9. The Morgan fingerprint density at radius 2 is 0.895 bits per heavy atom. The van der Waals surface area contributed by atoms with Crippen LogP contribution in [-0.4, -0.2) is 119 Å². The van der Waals surface area contributed by atoms with Gasteiger partial charge in [-0.2, -0.15) is 0 Å². The lowest BCUT2D eigenvalue weighted by molar-refractivity contribution is -0.140. The minimum Gasteiger partial charge on any atom is -0.351 e. The number of likely N-dealkylation sites (tertiary alicyclic amines) is 2. The molecule has 8 atom stereocenters. The summed E-state index contributed by atoms with van der Waals surface area (Å²) in [6.07, 6.45) is 12.9. The van der Waals surface area contributed by atoms with E-state index in [-0.39, 0.29) is 83.3 Å². The molecule has 18 heteroatoms. The lowest BCUT2D eigenvalue weighted by atomic mass is 9.81. The molecule has 2 aromatic carbocycles. The maximum atomic E-state index is 14.9. The fourth-order valence-electron chi connectivity index (χ4n) is 12.3. The molecule has 2 aromatic heterocycles. The average molecular weight is 1080 g/mol. The fourth-order valence-corrected chi connectivity index (χ4v) is 14.2. The van der Waals surface area contributed by atoms with E-state index in [0.717, 1.165) is 96.7 Å². The van der Waals surface area contributed by atoms with E-state index in [9.17, 15) is 28.8 Å². The Bertz CT molecular complexity index is 2430. The third kappa shape index (κ3) is 13.1. The monoisotopic (exact) mass is 1070 g/mol. The highest BCUT2D eigenvalue weighted by Crippen LogP contribution is 2.41. The number of carbonyl (C=O) groups is 6. The molecule has 5 aliphatic rings. The first-order valence-corrected chi connectivity index (χ1v) is 29.8. The molecule has 3 aliphatic carbocycles. The number of benzene rings is 2. The molecular weight excluding hydrogens is 997 g/mol. The van der Waals surface area contributed by atoms with Crippen LogP contribution in [0.2, 0.25) is 0 Å². The first kappa shape index (κ1) is 55.2. The molecule has 0 radical (unpaired) electrons. The molecular formula is C58H78N10O6S2. The SMILES string of the molecule is CNC(C)C(=O)NC(C(=O)N1CC(NC(=O)C2CCC(C(=O)NC3CC(c4nc(-c5ccccc5)cs4)N(C(=O)C(NC(=O)C(C)NC)C4CCCCC4)C3)CC2)CC1c1nc(-c2ccccc2)cs1)C1CCCCC1. The molecule has 2 saturated heterocycles. The van der Waals surface area contributed by atoms with Crippen molar-refractivity contribution >= 4 is 58.1 Å². The number of hydrogen-bond donors (Lipinski definition) is 6. The average Bonchev–Trinajstić information content (AvgIpc) is 4.33. The van der Waals surface area contributed by atoms with Crippen LogP contribution in [0.5, 0.6) is 0 Å². The van der Waals surface area contributed by atoms with Gasteiger partial charge in [0, 0.05) is 58.9 Å². The summed E-state index contributed by atoms with van der Waals surface area (Å²) < 4.78 is 0. The van der Waals surface area contributed by atoms with Gasteiger partial charge in [0.25, 0.3) is 0 Å². The summed E-state index contributed by atoms with van der Waals surface area (Å²) in [5, 5.41) is 24.6. The maximum Gasteiger partial charge on any atom is 0.246 e. The lowest BCUT2D eigenvalue weighted by Crippen LogP contribution is -2.56. The van der Waals surface area contributed by atoms with E-state index in [1.807, 2.05) is 81.2 Å². The van der Waals surface area contributed by atoms with Gasteiger partial charge in [-0.1, -0.05) is 99.2 Å². The smallest absolute Gasteiger partial charge is 0.246 e. The minimum absolute atomic E-state index is 0.0138. The molecule has 6 N–H and O–H groups in total. The Labute approximate surface area is 456 Å². The molecule has 9 rings (SSSR count). The van der Waals surface area contributed by atoms with Crippen LogP contribution in [0.25, 0.3) is 22.5 Å². The second kappa shape index (κ2) is 25.7. The van der Waals surface area contributed by atoms with Crippen molar-refractivity contribution < 1.29 is 28.8 Å². The van der Waals surface area contributed by atoms with Gasteiger partial charge in [0.15, 0.2) is 0 Å². The van der Waals surface area contributed by atoms with Crippen LogP contribution in [0.15, 0.2) is 71.4 Å². The first-order valence-electron chi connectivity index (χ1n) is 28.1. The number of nitrogens with one attached hydrogen (secondary N) is 6. The predicted octanol–water partition coefficient (Wildman–Crippen LogP) is 7.30. The van der Waals surface area contributed by atoms with E-state index in [0.29, 0.717) is 51.6 Å². The van der Waals surface area contributed by atoms with Crippen LogP contribution < -0.4 is 31.9 Å². The minimum atomic E-state index is -0.688. The third-order valence-corrected chi connectivity index (χ3v) is 19.0. The molecule has 16 nitrogen and oxygen atoms in total. The summed E-state index contributed by atoms with van der Waals surface area (Å²) >= 11 is 3.03. The maximum absolute atomic E-state index is 14.9. The summed E-state index contributed by atoms with van der Waals surface area (Å²) in [6.45, 7) is 4.18. The van der Waals surface area contributed by atoms with Gasteiger partial charge in [-0.25, -0.2) is 9.97 Å². The zero-order valence-corrected chi connectivity index (χ0v) is 46.3. The van der Waals surface area contributed by atoms with Gasteiger partial charge in [0.1, 0.15) is 22.1 Å². The molecule has 2 aliphatic heterocycles. The lowest BCUT2D eigenvalue weighted by Gasteiger charge is -2.35. The Kier molecular flexibility index (Phi) is 18.7. The quantitative estimate of drug-likeness (QED) is 0.0586. The van der Waals surface area contributed by atoms with Crippen molar-refractivity contribution in [2.75, 3.05) is 27.2 Å². The summed E-state index contributed by atoms with van der Waals surface area (Å²) in [4.78, 5) is 99.0. The summed E-state index contributed by atoms with van der Waals surface area (Å²) in [6, 6.07) is 16.2. The number of amides is 6. The predicted molar refractivity (Wildman–Crippen MR) is 297 cm³/mol. The zero-order valence-electron chi connectivity index (χ0n) is 44.6. The van der Waals surface area contributed by atoms with E-state index in [2.05, 4.69) is 31.9 Å². The van der Waals surface area contributed by atoms with E-state index < -0.39 is 24.2 Å². The molecule has 3 saturated carbocycles. The molecule has 0 spiro atoms. The molecule has 76 heavy (non-hydrogen) atoms. The van der Waals surface area contributed by atoms with E-state index >= 15 is 0 Å². The van der Waals surface area contributed by atoms with Crippen LogP contribution in [0.1, 0.15) is 139 Å². The number of hydrogen-bond acceptors (Lipinski definition) is 12. The van der Waals surface area contributed by atoms with Crippen LogP contribution in [0, 0.1) is 23.7 Å². The van der Waals surface area contributed by atoms with Crippen molar-refractivity contribution in [2.24, 2.45) is 23.7 Å². The number of aromatic nitrogens is 2. The molecule has 408 valence electrons. The highest BCUT2D eigenvalue weighted by Gasteiger charge is 2.46. The van der Waals surface area contributed by atoms with Crippen LogP contribution in [0.3, 0.4) is 0 Å². The zero-order chi connectivity index (χ0) is 53.3. The normalized spacial score (nSPS) is 25.0. The molecule has 8 unspecified atom stereocenters. The van der Waals surface area contributed by atoms with Gasteiger partial charge in [-0.15, -0.1) is 22.7 Å². The van der Waals surface area contributed by atoms with Crippen molar-refractivity contribution in [3.63, 3.8) is 0 Å². The van der Waals surface area contributed by atoms with Crippen LogP contribution in [-0.2, 0) is 28.8 Å². The van der Waals surface area contributed by atoms with Crippen molar-refractivity contribution in [3.8, 4) is 22.5 Å². The number of thiazole rings is 2. The largest absolute Gasteiger partial charge is 0.351 e. The molecule has 4 heterocycles. The molecule has 4 aromatic rings. The molecule has 5 fully saturated rings.